The van der Waals surface area contributed by atoms with E-state index in [1.54, 1.807) is 25.3 Å². The lowest BCUT2D eigenvalue weighted by Crippen LogP contribution is -2.31. The van der Waals surface area contributed by atoms with Crippen LogP contribution in [0.1, 0.15) is 23.2 Å². The van der Waals surface area contributed by atoms with Crippen molar-refractivity contribution in [3.05, 3.63) is 23.8 Å². The van der Waals surface area contributed by atoms with Gasteiger partial charge in [-0.25, -0.2) is 0 Å². The fraction of sp³-hybridized carbons (Fsp3) is 0.500. The number of hydrogen-bond acceptors (Lipinski definition) is 3. The average molecular weight is 328 g/mol. The number of rotatable bonds is 6. The molecular formula is C14H18BrNO3. The Morgan fingerprint density at radius 2 is 2.11 bits per heavy atom. The quantitative estimate of drug-likeness (QED) is 0.817. The second-order valence-electron chi connectivity index (χ2n) is 4.86. The molecule has 104 valence electrons. The van der Waals surface area contributed by atoms with Gasteiger partial charge in [-0.15, -0.1) is 0 Å². The van der Waals surface area contributed by atoms with E-state index < -0.39 is 0 Å². The maximum absolute atomic E-state index is 12.2. The molecule has 1 aliphatic rings. The summed E-state index contributed by atoms with van der Waals surface area (Å²) in [6, 6.07) is 5.30. The molecule has 1 amide bonds. The first-order chi connectivity index (χ1) is 9.15. The van der Waals surface area contributed by atoms with Gasteiger partial charge in [-0.05, 0) is 30.4 Å². The number of para-hydroxylation sites is 1. The summed E-state index contributed by atoms with van der Waals surface area (Å²) in [5.41, 5.74) is 0.758. The van der Waals surface area contributed by atoms with E-state index in [-0.39, 0.29) is 11.3 Å². The van der Waals surface area contributed by atoms with Crippen LogP contribution in [0.3, 0.4) is 0 Å². The summed E-state index contributed by atoms with van der Waals surface area (Å²) in [6.45, 7) is 0.692. The van der Waals surface area contributed by atoms with Crippen LogP contribution in [0.5, 0.6) is 11.5 Å². The van der Waals surface area contributed by atoms with Gasteiger partial charge < -0.3 is 14.8 Å². The van der Waals surface area contributed by atoms with E-state index in [1.165, 1.54) is 7.11 Å². The van der Waals surface area contributed by atoms with E-state index in [1.807, 2.05) is 0 Å². The second-order valence-corrected chi connectivity index (χ2v) is 5.42. The molecule has 0 bridgehead atoms. The highest BCUT2D eigenvalue weighted by Gasteiger charge is 2.41. The van der Waals surface area contributed by atoms with Crippen molar-refractivity contribution in [2.24, 2.45) is 5.41 Å². The molecule has 2 rings (SSSR count). The molecule has 0 radical (unpaired) electrons. The van der Waals surface area contributed by atoms with Crippen LogP contribution in [0.2, 0.25) is 0 Å². The Labute approximate surface area is 121 Å². The minimum Gasteiger partial charge on any atom is -0.493 e. The number of benzene rings is 1. The van der Waals surface area contributed by atoms with Gasteiger partial charge in [-0.3, -0.25) is 4.79 Å². The zero-order valence-electron chi connectivity index (χ0n) is 11.2. The van der Waals surface area contributed by atoms with Gasteiger partial charge in [0.1, 0.15) is 0 Å². The summed E-state index contributed by atoms with van der Waals surface area (Å²) in [5, 5.41) is 3.90. The van der Waals surface area contributed by atoms with Crippen molar-refractivity contribution in [2.45, 2.75) is 12.8 Å². The molecule has 4 nitrogen and oxygen atoms in total. The van der Waals surface area contributed by atoms with Crippen molar-refractivity contribution in [3.63, 3.8) is 0 Å². The molecule has 19 heavy (non-hydrogen) atoms. The van der Waals surface area contributed by atoms with E-state index >= 15 is 0 Å². The summed E-state index contributed by atoms with van der Waals surface area (Å²) in [7, 11) is 3.10. The third kappa shape index (κ3) is 3.03. The molecule has 1 aliphatic carbocycles. The van der Waals surface area contributed by atoms with Gasteiger partial charge in [-0.1, -0.05) is 22.0 Å². The molecule has 1 N–H and O–H groups in total. The zero-order valence-corrected chi connectivity index (χ0v) is 12.7. The first kappa shape index (κ1) is 14.2. The van der Waals surface area contributed by atoms with E-state index in [0.717, 1.165) is 18.2 Å². The molecule has 0 unspecified atom stereocenters. The van der Waals surface area contributed by atoms with Crippen molar-refractivity contribution in [2.75, 3.05) is 26.1 Å². The molecule has 1 aromatic carbocycles. The summed E-state index contributed by atoms with van der Waals surface area (Å²) >= 11 is 3.49. The average Bonchev–Trinajstić information content (AvgIpc) is 3.24. The normalized spacial score (nSPS) is 15.7. The van der Waals surface area contributed by atoms with Gasteiger partial charge >= 0.3 is 0 Å². The van der Waals surface area contributed by atoms with E-state index in [0.29, 0.717) is 23.6 Å². The fourth-order valence-electron chi connectivity index (χ4n) is 1.96. The van der Waals surface area contributed by atoms with Crippen LogP contribution in [-0.4, -0.2) is 32.0 Å². The molecule has 5 heteroatoms. The topological polar surface area (TPSA) is 47.6 Å². The summed E-state index contributed by atoms with van der Waals surface area (Å²) in [5.74, 6) is 0.922. The number of ether oxygens (including phenoxy) is 2. The van der Waals surface area contributed by atoms with E-state index in [9.17, 15) is 4.79 Å². The monoisotopic (exact) mass is 327 g/mol. The van der Waals surface area contributed by atoms with Crippen LogP contribution < -0.4 is 14.8 Å². The molecular weight excluding hydrogens is 310 g/mol. The number of halogens is 1. The van der Waals surface area contributed by atoms with Crippen molar-refractivity contribution in [1.29, 1.82) is 0 Å². The SMILES string of the molecule is COc1cccc(C(=O)NCC2(CBr)CC2)c1OC. The van der Waals surface area contributed by atoms with Gasteiger partial charge in [0.2, 0.25) is 0 Å². The van der Waals surface area contributed by atoms with Gasteiger partial charge in [-0.2, -0.15) is 0 Å². The summed E-state index contributed by atoms with van der Waals surface area (Å²) < 4.78 is 10.5. The Morgan fingerprint density at radius 3 is 2.63 bits per heavy atom. The number of carbonyl (C=O) groups is 1. The van der Waals surface area contributed by atoms with Crippen LogP contribution in [-0.2, 0) is 0 Å². The standard InChI is InChI=1S/C14H18BrNO3/c1-18-11-5-3-4-10(12(11)19-2)13(17)16-9-14(8-15)6-7-14/h3-5H,6-9H2,1-2H3,(H,16,17). The van der Waals surface area contributed by atoms with Crippen LogP contribution in [0, 0.1) is 5.41 Å². The number of carbonyl (C=O) groups excluding carboxylic acids is 1. The van der Waals surface area contributed by atoms with Crippen molar-refractivity contribution >= 4 is 21.8 Å². The lowest BCUT2D eigenvalue weighted by molar-refractivity contribution is 0.0943. The Bertz CT molecular complexity index is 472. The predicted molar refractivity (Wildman–Crippen MR) is 77.3 cm³/mol. The van der Waals surface area contributed by atoms with Crippen molar-refractivity contribution in [1.82, 2.24) is 5.32 Å². The lowest BCUT2D eigenvalue weighted by atomic mass is 10.1. The Morgan fingerprint density at radius 1 is 1.37 bits per heavy atom. The lowest BCUT2D eigenvalue weighted by Gasteiger charge is -2.15. The number of amides is 1. The number of nitrogens with one attached hydrogen (secondary N) is 1. The summed E-state index contributed by atoms with van der Waals surface area (Å²) in [6.07, 6.45) is 2.32. The molecule has 0 spiro atoms. The van der Waals surface area contributed by atoms with Gasteiger partial charge in [0, 0.05) is 11.9 Å². The van der Waals surface area contributed by atoms with Crippen molar-refractivity contribution in [3.8, 4) is 11.5 Å². The van der Waals surface area contributed by atoms with Gasteiger partial charge in [0.25, 0.3) is 5.91 Å². The minimum absolute atomic E-state index is 0.122. The maximum atomic E-state index is 12.2. The molecule has 0 saturated heterocycles. The van der Waals surface area contributed by atoms with Crippen LogP contribution in [0.15, 0.2) is 18.2 Å². The largest absolute Gasteiger partial charge is 0.493 e. The van der Waals surface area contributed by atoms with Crippen LogP contribution in [0.4, 0.5) is 0 Å². The summed E-state index contributed by atoms with van der Waals surface area (Å²) in [4.78, 5) is 12.2. The van der Waals surface area contributed by atoms with Crippen molar-refractivity contribution < 1.29 is 14.3 Å². The van der Waals surface area contributed by atoms with Crippen LogP contribution >= 0.6 is 15.9 Å². The third-order valence-electron chi connectivity index (χ3n) is 3.51. The molecule has 1 fully saturated rings. The highest BCUT2D eigenvalue weighted by atomic mass is 79.9. The van der Waals surface area contributed by atoms with Gasteiger partial charge in [0.05, 0.1) is 19.8 Å². The first-order valence-corrected chi connectivity index (χ1v) is 7.33. The fourth-order valence-corrected chi connectivity index (χ4v) is 2.72. The van der Waals surface area contributed by atoms with Gasteiger partial charge in [0.15, 0.2) is 11.5 Å². The smallest absolute Gasteiger partial charge is 0.255 e. The first-order valence-electron chi connectivity index (χ1n) is 6.21. The highest BCUT2D eigenvalue weighted by molar-refractivity contribution is 9.09. The van der Waals surface area contributed by atoms with E-state index in [4.69, 9.17) is 9.47 Å². The Hall–Kier alpha value is -1.23. The third-order valence-corrected chi connectivity index (χ3v) is 4.70. The number of hydrogen-bond donors (Lipinski definition) is 1. The molecule has 0 atom stereocenters. The minimum atomic E-state index is -0.122. The molecule has 1 saturated carbocycles. The maximum Gasteiger partial charge on any atom is 0.255 e. The molecule has 1 aromatic rings. The number of alkyl halides is 1. The molecule has 0 heterocycles. The van der Waals surface area contributed by atoms with E-state index in [2.05, 4.69) is 21.2 Å². The Balaban J connectivity index is 2.10. The number of methoxy groups -OCH3 is 2. The zero-order chi connectivity index (χ0) is 13.9. The predicted octanol–water partition coefficient (Wildman–Crippen LogP) is 2.61. The second kappa shape index (κ2) is 5.82. The van der Waals surface area contributed by atoms with Crippen LogP contribution in [0.25, 0.3) is 0 Å². The molecule has 0 aliphatic heterocycles. The highest BCUT2D eigenvalue weighted by Crippen LogP contribution is 2.46. The Kier molecular flexibility index (Phi) is 4.34. The molecule has 0 aromatic heterocycles.